The molecule has 0 N–H and O–H groups in total. The monoisotopic (exact) mass is 394 g/mol. The van der Waals surface area contributed by atoms with Crippen LogP contribution in [0.2, 0.25) is 0 Å². The molecule has 4 aromatic carbocycles. The second-order valence-electron chi connectivity index (χ2n) is 6.75. The van der Waals surface area contributed by atoms with Crippen LogP contribution >= 0.6 is 10.7 Å². The van der Waals surface area contributed by atoms with Crippen molar-refractivity contribution in [3.63, 3.8) is 0 Å². The first kappa shape index (κ1) is 18.0. The Balaban J connectivity index is 2.22. The summed E-state index contributed by atoms with van der Waals surface area (Å²) in [5.74, 6) is 0.739. The summed E-state index contributed by atoms with van der Waals surface area (Å²) in [6.45, 7) is 4.14. The van der Waals surface area contributed by atoms with Crippen LogP contribution in [-0.4, -0.2) is 11.3 Å². The van der Waals surface area contributed by atoms with Crippen LogP contribution < -0.4 is 4.74 Å². The summed E-state index contributed by atoms with van der Waals surface area (Å²) in [5, 5.41) is 4.26. The van der Waals surface area contributed by atoms with Gasteiger partial charge in [0.1, 0.15) is 15.8 Å². The smallest absolute Gasteiger partial charge is 0.148 e. The Bertz CT molecular complexity index is 1210. The summed E-state index contributed by atoms with van der Waals surface area (Å²) >= 11 is 0. The standard InChI is InChI=1S/C23H19ClO2S/c1-14-4-8-18-16(12-14)6-10-20(26-3)22(18)23-19-9-5-15(2)13-17(19)7-11-21(23)27(24)25/h4-13H,1-3H3. The fourth-order valence-electron chi connectivity index (χ4n) is 3.68. The van der Waals surface area contributed by atoms with Gasteiger partial charge in [0.15, 0.2) is 0 Å². The van der Waals surface area contributed by atoms with Gasteiger partial charge in [-0.1, -0.05) is 59.7 Å². The molecule has 0 amide bonds. The molecule has 136 valence electrons. The fraction of sp³-hybridized carbons (Fsp3) is 0.130. The molecule has 0 spiro atoms. The molecule has 0 fully saturated rings. The van der Waals surface area contributed by atoms with Crippen LogP contribution in [0.25, 0.3) is 32.7 Å². The van der Waals surface area contributed by atoms with Gasteiger partial charge in [-0.05, 0) is 58.2 Å². The summed E-state index contributed by atoms with van der Waals surface area (Å²) in [6.07, 6.45) is 0. The van der Waals surface area contributed by atoms with Crippen molar-refractivity contribution in [3.05, 3.63) is 71.8 Å². The highest BCUT2D eigenvalue weighted by Gasteiger charge is 2.20. The summed E-state index contributed by atoms with van der Waals surface area (Å²) in [6, 6.07) is 20.4. The van der Waals surface area contributed by atoms with Gasteiger partial charge in [-0.3, -0.25) is 0 Å². The number of fused-ring (bicyclic) bond motifs is 2. The Morgan fingerprint density at radius 3 is 1.89 bits per heavy atom. The Morgan fingerprint density at radius 1 is 0.778 bits per heavy atom. The minimum Gasteiger partial charge on any atom is -0.496 e. The molecule has 0 radical (unpaired) electrons. The number of hydrogen-bond donors (Lipinski definition) is 0. The summed E-state index contributed by atoms with van der Waals surface area (Å²) in [4.78, 5) is 0.597. The molecule has 2 nitrogen and oxygen atoms in total. The lowest BCUT2D eigenvalue weighted by atomic mass is 9.92. The number of hydrogen-bond acceptors (Lipinski definition) is 2. The molecule has 4 rings (SSSR count). The van der Waals surface area contributed by atoms with E-state index in [9.17, 15) is 4.21 Å². The zero-order chi connectivity index (χ0) is 19.1. The van der Waals surface area contributed by atoms with Gasteiger partial charge in [0.25, 0.3) is 0 Å². The average molecular weight is 395 g/mol. The van der Waals surface area contributed by atoms with E-state index in [0.717, 1.165) is 38.4 Å². The lowest BCUT2D eigenvalue weighted by Gasteiger charge is -2.17. The number of rotatable bonds is 3. The van der Waals surface area contributed by atoms with Crippen LogP contribution in [-0.2, 0) is 10.0 Å². The van der Waals surface area contributed by atoms with Gasteiger partial charge < -0.3 is 4.74 Å². The molecular weight excluding hydrogens is 376 g/mol. The van der Waals surface area contributed by atoms with Crippen molar-refractivity contribution < 1.29 is 8.95 Å². The van der Waals surface area contributed by atoms with Gasteiger partial charge in [0, 0.05) is 11.1 Å². The van der Waals surface area contributed by atoms with Crippen molar-refractivity contribution in [1.82, 2.24) is 0 Å². The topological polar surface area (TPSA) is 26.3 Å². The number of ether oxygens (including phenoxy) is 1. The highest BCUT2D eigenvalue weighted by atomic mass is 35.7. The van der Waals surface area contributed by atoms with E-state index in [1.807, 2.05) is 18.2 Å². The van der Waals surface area contributed by atoms with Crippen LogP contribution in [0.5, 0.6) is 5.75 Å². The molecule has 0 aliphatic carbocycles. The predicted molar refractivity (Wildman–Crippen MR) is 115 cm³/mol. The third-order valence-corrected chi connectivity index (χ3v) is 6.10. The van der Waals surface area contributed by atoms with E-state index >= 15 is 0 Å². The molecule has 1 unspecified atom stereocenters. The van der Waals surface area contributed by atoms with Crippen molar-refractivity contribution in [3.8, 4) is 16.9 Å². The lowest BCUT2D eigenvalue weighted by molar-refractivity contribution is 0.417. The molecule has 0 saturated heterocycles. The molecule has 1 atom stereocenters. The highest BCUT2D eigenvalue weighted by Crippen LogP contribution is 2.44. The van der Waals surface area contributed by atoms with Gasteiger partial charge in [-0.25, -0.2) is 4.21 Å². The molecule has 0 aromatic heterocycles. The van der Waals surface area contributed by atoms with Crippen LogP contribution in [0.4, 0.5) is 0 Å². The van der Waals surface area contributed by atoms with Crippen LogP contribution in [0, 0.1) is 13.8 Å². The Hall–Kier alpha value is -2.36. The maximum Gasteiger partial charge on any atom is 0.148 e. The van der Waals surface area contributed by atoms with Crippen molar-refractivity contribution in [2.24, 2.45) is 0 Å². The van der Waals surface area contributed by atoms with Crippen molar-refractivity contribution in [1.29, 1.82) is 0 Å². The zero-order valence-electron chi connectivity index (χ0n) is 15.4. The number of halogens is 1. The van der Waals surface area contributed by atoms with Crippen molar-refractivity contribution >= 4 is 42.2 Å². The normalized spacial score (nSPS) is 12.4. The molecule has 0 bridgehead atoms. The van der Waals surface area contributed by atoms with Crippen molar-refractivity contribution in [2.75, 3.05) is 7.11 Å². The van der Waals surface area contributed by atoms with Crippen LogP contribution in [0.15, 0.2) is 65.6 Å². The van der Waals surface area contributed by atoms with Crippen LogP contribution in [0.3, 0.4) is 0 Å². The Labute approximate surface area is 165 Å². The predicted octanol–water partition coefficient (Wildman–Crippen LogP) is 6.55. The summed E-state index contributed by atoms with van der Waals surface area (Å²) in [7, 11) is 6.11. The first-order valence-corrected chi connectivity index (χ1v) is 10.7. The first-order valence-electron chi connectivity index (χ1n) is 8.68. The second-order valence-corrected chi connectivity index (χ2v) is 8.48. The second kappa shape index (κ2) is 6.99. The molecule has 4 heteroatoms. The largest absolute Gasteiger partial charge is 0.496 e. The minimum atomic E-state index is -1.64. The quantitative estimate of drug-likeness (QED) is 0.368. The maximum atomic E-state index is 12.4. The summed E-state index contributed by atoms with van der Waals surface area (Å²) in [5.41, 5.74) is 4.16. The van der Waals surface area contributed by atoms with E-state index in [-0.39, 0.29) is 0 Å². The number of aryl methyl sites for hydroxylation is 2. The highest BCUT2D eigenvalue weighted by molar-refractivity contribution is 8.08. The van der Waals surface area contributed by atoms with Gasteiger partial charge >= 0.3 is 0 Å². The third-order valence-electron chi connectivity index (χ3n) is 4.92. The average Bonchev–Trinajstić information content (AvgIpc) is 2.65. The minimum absolute atomic E-state index is 0.597. The van der Waals surface area contributed by atoms with Crippen LogP contribution in [0.1, 0.15) is 11.1 Å². The fourth-order valence-corrected chi connectivity index (χ4v) is 4.61. The number of methoxy groups -OCH3 is 1. The van der Waals surface area contributed by atoms with E-state index in [2.05, 4.69) is 56.3 Å². The molecule has 0 saturated carbocycles. The molecule has 0 aliphatic rings. The van der Waals surface area contributed by atoms with Gasteiger partial charge in [0.2, 0.25) is 0 Å². The maximum absolute atomic E-state index is 12.4. The van der Waals surface area contributed by atoms with Crippen molar-refractivity contribution in [2.45, 2.75) is 18.7 Å². The van der Waals surface area contributed by atoms with E-state index < -0.39 is 10.0 Å². The lowest BCUT2D eigenvalue weighted by Crippen LogP contribution is -1.96. The molecular formula is C23H19ClO2S. The molecule has 4 aromatic rings. The zero-order valence-corrected chi connectivity index (χ0v) is 16.9. The summed E-state index contributed by atoms with van der Waals surface area (Å²) < 4.78 is 18.1. The Morgan fingerprint density at radius 2 is 1.33 bits per heavy atom. The SMILES string of the molecule is COc1ccc2cc(C)ccc2c1-c1c(S(=O)Cl)ccc2cc(C)ccc12. The van der Waals surface area contributed by atoms with E-state index in [0.29, 0.717) is 4.90 Å². The van der Waals surface area contributed by atoms with E-state index in [1.165, 1.54) is 11.1 Å². The first-order chi connectivity index (χ1) is 13.0. The van der Waals surface area contributed by atoms with Gasteiger partial charge in [-0.2, -0.15) is 0 Å². The van der Waals surface area contributed by atoms with Gasteiger partial charge in [0.05, 0.1) is 12.0 Å². The number of benzene rings is 4. The molecule has 27 heavy (non-hydrogen) atoms. The third kappa shape index (κ3) is 3.11. The Kier molecular flexibility index (Phi) is 4.67. The van der Waals surface area contributed by atoms with E-state index in [1.54, 1.807) is 7.11 Å². The molecule has 0 aliphatic heterocycles. The van der Waals surface area contributed by atoms with E-state index in [4.69, 9.17) is 15.4 Å². The van der Waals surface area contributed by atoms with Gasteiger partial charge in [-0.15, -0.1) is 0 Å². The molecule has 0 heterocycles.